The van der Waals surface area contributed by atoms with Crippen molar-refractivity contribution in [3.8, 4) is 0 Å². The minimum atomic E-state index is 0.659. The van der Waals surface area contributed by atoms with Gasteiger partial charge in [0.05, 0.1) is 5.69 Å². The van der Waals surface area contributed by atoms with E-state index in [0.717, 1.165) is 60.5 Å². The normalized spacial score (nSPS) is 16.1. The molecule has 2 aliphatic rings. The molecule has 1 fully saturated rings. The molecule has 0 atom stereocenters. The summed E-state index contributed by atoms with van der Waals surface area (Å²) in [5.74, 6) is 2.68. The van der Waals surface area contributed by atoms with Crippen LogP contribution >= 0.6 is 23.2 Å². The van der Waals surface area contributed by atoms with Gasteiger partial charge >= 0.3 is 0 Å². The van der Waals surface area contributed by atoms with Gasteiger partial charge in [0.2, 0.25) is 0 Å². The molecule has 0 bridgehead atoms. The van der Waals surface area contributed by atoms with Gasteiger partial charge in [-0.3, -0.25) is 0 Å². The summed E-state index contributed by atoms with van der Waals surface area (Å²) in [7, 11) is 0. The average molecular weight is 507 g/mol. The molecule has 6 nitrogen and oxygen atoms in total. The molecule has 6 rings (SSSR count). The number of hydrogen-bond acceptors (Lipinski definition) is 5. The summed E-state index contributed by atoms with van der Waals surface area (Å²) in [4.78, 5) is 14.7. The number of benzene rings is 2. The quantitative estimate of drug-likeness (QED) is 0.363. The highest BCUT2D eigenvalue weighted by atomic mass is 35.5. The van der Waals surface area contributed by atoms with Crippen LogP contribution < -0.4 is 9.80 Å². The molecule has 180 valence electrons. The van der Waals surface area contributed by atoms with Crippen LogP contribution in [-0.4, -0.2) is 45.8 Å². The zero-order chi connectivity index (χ0) is 23.9. The number of aryl methyl sites for hydroxylation is 2. The van der Waals surface area contributed by atoms with Crippen molar-refractivity contribution in [1.29, 1.82) is 0 Å². The van der Waals surface area contributed by atoms with Crippen LogP contribution in [0.4, 0.5) is 11.5 Å². The number of aromatic nitrogens is 4. The van der Waals surface area contributed by atoms with Gasteiger partial charge in [-0.05, 0) is 68.0 Å². The fraction of sp³-hybridized carbons (Fsp3) is 0.370. The third-order valence-corrected chi connectivity index (χ3v) is 7.63. The molecule has 0 saturated carbocycles. The highest BCUT2D eigenvalue weighted by Gasteiger charge is 2.27. The Balaban J connectivity index is 1.33. The molecule has 0 unspecified atom stereocenters. The van der Waals surface area contributed by atoms with Gasteiger partial charge in [-0.25, -0.2) is 4.98 Å². The van der Waals surface area contributed by atoms with Crippen LogP contribution in [0.3, 0.4) is 0 Å². The molecule has 4 aromatic rings. The predicted octanol–water partition coefficient (Wildman–Crippen LogP) is 5.54. The Morgan fingerprint density at radius 2 is 1.54 bits per heavy atom. The Bertz CT molecular complexity index is 1370. The summed E-state index contributed by atoms with van der Waals surface area (Å²) >= 11 is 12.4. The van der Waals surface area contributed by atoms with Crippen molar-refractivity contribution in [2.45, 2.75) is 39.0 Å². The topological polar surface area (TPSA) is 49.6 Å². The summed E-state index contributed by atoms with van der Waals surface area (Å²) in [5.41, 5.74) is 6.17. The van der Waals surface area contributed by atoms with Gasteiger partial charge in [0.15, 0.2) is 5.82 Å². The lowest BCUT2D eigenvalue weighted by Crippen LogP contribution is -2.48. The van der Waals surface area contributed by atoms with E-state index in [-0.39, 0.29) is 0 Å². The van der Waals surface area contributed by atoms with Crippen molar-refractivity contribution in [3.05, 3.63) is 80.7 Å². The molecule has 1 saturated heterocycles. The first kappa shape index (κ1) is 22.6. The molecule has 0 radical (unpaired) electrons. The van der Waals surface area contributed by atoms with Crippen LogP contribution in [0.1, 0.15) is 41.1 Å². The van der Waals surface area contributed by atoms with E-state index in [1.807, 2.05) is 34.8 Å². The van der Waals surface area contributed by atoms with Gasteiger partial charge in [-0.2, -0.15) is 9.50 Å². The van der Waals surface area contributed by atoms with E-state index in [9.17, 15) is 0 Å². The number of hydrogen-bond donors (Lipinski definition) is 0. The SMILES string of the molecule is Cc1ccc(Cl)cc1N1CCN(c2c3c(nc4nc(Cc5ccc(Cl)cc5)nn24)CCCC3)CC1. The highest BCUT2D eigenvalue weighted by molar-refractivity contribution is 6.31. The molecule has 3 heterocycles. The van der Waals surface area contributed by atoms with E-state index in [0.29, 0.717) is 12.2 Å². The number of halogens is 2. The lowest BCUT2D eigenvalue weighted by Gasteiger charge is -2.39. The Hall–Kier alpha value is -2.83. The molecule has 1 aliphatic carbocycles. The fourth-order valence-corrected chi connectivity index (χ4v) is 5.62. The molecule has 0 amide bonds. The zero-order valence-corrected chi connectivity index (χ0v) is 21.4. The van der Waals surface area contributed by atoms with Crippen molar-refractivity contribution < 1.29 is 0 Å². The van der Waals surface area contributed by atoms with E-state index in [1.54, 1.807) is 0 Å². The maximum atomic E-state index is 6.30. The first-order valence-corrected chi connectivity index (χ1v) is 13.1. The lowest BCUT2D eigenvalue weighted by molar-refractivity contribution is 0.613. The van der Waals surface area contributed by atoms with Gasteiger partial charge < -0.3 is 9.80 Å². The second-order valence-corrected chi connectivity index (χ2v) is 10.4. The molecule has 8 heteroatoms. The second-order valence-electron chi connectivity index (χ2n) is 9.52. The molecule has 0 spiro atoms. The van der Waals surface area contributed by atoms with Gasteiger partial charge in [-0.1, -0.05) is 41.4 Å². The average Bonchev–Trinajstić information content (AvgIpc) is 3.27. The highest BCUT2D eigenvalue weighted by Crippen LogP contribution is 2.32. The first-order valence-electron chi connectivity index (χ1n) is 12.3. The second kappa shape index (κ2) is 9.32. The number of piperazine rings is 1. The van der Waals surface area contributed by atoms with E-state index < -0.39 is 0 Å². The Labute approximate surface area is 215 Å². The maximum Gasteiger partial charge on any atom is 0.254 e. The summed E-state index contributed by atoms with van der Waals surface area (Å²) < 4.78 is 2.00. The minimum absolute atomic E-state index is 0.659. The number of rotatable bonds is 4. The first-order chi connectivity index (χ1) is 17.0. The molecule has 2 aromatic heterocycles. The van der Waals surface area contributed by atoms with Gasteiger partial charge in [0, 0.05) is 53.9 Å². The summed E-state index contributed by atoms with van der Waals surface area (Å²) in [6, 6.07) is 14.0. The lowest BCUT2D eigenvalue weighted by atomic mass is 9.96. The number of anilines is 2. The minimum Gasteiger partial charge on any atom is -0.368 e. The molecule has 35 heavy (non-hydrogen) atoms. The fourth-order valence-electron chi connectivity index (χ4n) is 5.33. The number of fused-ring (bicyclic) bond motifs is 2. The van der Waals surface area contributed by atoms with Gasteiger partial charge in [-0.15, -0.1) is 5.10 Å². The van der Waals surface area contributed by atoms with Crippen LogP contribution in [0, 0.1) is 6.92 Å². The van der Waals surface area contributed by atoms with E-state index in [2.05, 4.69) is 28.9 Å². The van der Waals surface area contributed by atoms with Crippen molar-refractivity contribution in [2.75, 3.05) is 36.0 Å². The standard InChI is InChI=1S/C27H28Cl2N6/c1-18-6-9-21(29)17-24(18)33-12-14-34(15-13-33)26-22-4-2-3-5-23(22)30-27-31-25(32-35(26)27)16-19-7-10-20(28)11-8-19/h6-11,17H,2-5,12-16H2,1H3. The summed E-state index contributed by atoms with van der Waals surface area (Å²) in [6.07, 6.45) is 5.10. The van der Waals surface area contributed by atoms with E-state index in [1.165, 1.54) is 41.2 Å². The van der Waals surface area contributed by atoms with Crippen LogP contribution in [0.25, 0.3) is 5.78 Å². The monoisotopic (exact) mass is 506 g/mol. The molecule has 0 N–H and O–H groups in total. The molecular formula is C27H28Cl2N6. The Morgan fingerprint density at radius 1 is 0.829 bits per heavy atom. The van der Waals surface area contributed by atoms with Gasteiger partial charge in [0.1, 0.15) is 5.82 Å². The summed E-state index contributed by atoms with van der Waals surface area (Å²) in [6.45, 7) is 5.87. The van der Waals surface area contributed by atoms with Crippen molar-refractivity contribution >= 4 is 40.5 Å². The van der Waals surface area contributed by atoms with Crippen LogP contribution in [0.15, 0.2) is 42.5 Å². The zero-order valence-electron chi connectivity index (χ0n) is 19.8. The van der Waals surface area contributed by atoms with Crippen molar-refractivity contribution in [1.82, 2.24) is 19.6 Å². The van der Waals surface area contributed by atoms with Crippen LogP contribution in [0.2, 0.25) is 10.0 Å². The Kier molecular flexibility index (Phi) is 6.02. The van der Waals surface area contributed by atoms with Gasteiger partial charge in [0.25, 0.3) is 5.78 Å². The van der Waals surface area contributed by atoms with Crippen molar-refractivity contribution in [3.63, 3.8) is 0 Å². The predicted molar refractivity (Wildman–Crippen MR) is 142 cm³/mol. The number of nitrogens with zero attached hydrogens (tertiary/aromatic N) is 6. The third-order valence-electron chi connectivity index (χ3n) is 7.14. The smallest absolute Gasteiger partial charge is 0.254 e. The summed E-state index contributed by atoms with van der Waals surface area (Å²) in [5, 5.41) is 6.48. The van der Waals surface area contributed by atoms with E-state index in [4.69, 9.17) is 38.3 Å². The van der Waals surface area contributed by atoms with E-state index >= 15 is 0 Å². The molecule has 1 aliphatic heterocycles. The largest absolute Gasteiger partial charge is 0.368 e. The van der Waals surface area contributed by atoms with Crippen LogP contribution in [-0.2, 0) is 19.3 Å². The molecule has 2 aromatic carbocycles. The Morgan fingerprint density at radius 3 is 2.34 bits per heavy atom. The molecular weight excluding hydrogens is 479 g/mol. The maximum absolute atomic E-state index is 6.30. The van der Waals surface area contributed by atoms with Crippen molar-refractivity contribution in [2.24, 2.45) is 0 Å². The van der Waals surface area contributed by atoms with Crippen LogP contribution in [0.5, 0.6) is 0 Å². The third kappa shape index (κ3) is 4.45.